The number of nitrogens with two attached hydrogens (primary N) is 2. The molecule has 0 spiro atoms. The first-order valence-corrected chi connectivity index (χ1v) is 2.91. The van der Waals surface area contributed by atoms with Gasteiger partial charge in [0.15, 0.2) is 23.0 Å². The number of pyridine rings is 1. The van der Waals surface area contributed by atoms with E-state index in [1.165, 1.54) is 0 Å². The summed E-state index contributed by atoms with van der Waals surface area (Å²) >= 11 is 0. The van der Waals surface area contributed by atoms with Crippen LogP contribution in [0.1, 0.15) is 0 Å². The second-order valence-corrected chi connectivity index (χ2v) is 1.98. The second kappa shape index (κ2) is 2.91. The summed E-state index contributed by atoms with van der Waals surface area (Å²) in [7, 11) is 0. The fourth-order valence-corrected chi connectivity index (χ4v) is 0.668. The number of hydrogen-bond donors (Lipinski definition) is 2. The maximum atomic E-state index is 10.1. The van der Waals surface area contributed by atoms with Gasteiger partial charge in [-0.15, -0.1) is 9.81 Å². The number of nitrogen functional groups attached to an aromatic ring is 2. The molecule has 0 radical (unpaired) electrons. The number of rotatable bonds is 2. The molecular weight excluding hydrogens is 162 g/mol. The smallest absolute Gasteiger partial charge is 0.155 e. The quantitative estimate of drug-likeness (QED) is 0.636. The summed E-state index contributed by atoms with van der Waals surface area (Å²) in [6.07, 6.45) is 0. The Bertz CT molecular complexity index is 308. The van der Waals surface area contributed by atoms with Gasteiger partial charge in [0, 0.05) is 6.07 Å². The van der Waals surface area contributed by atoms with Crippen LogP contribution in [0.25, 0.3) is 0 Å². The Morgan fingerprint density at radius 1 is 1.08 bits per heavy atom. The zero-order valence-electron chi connectivity index (χ0n) is 5.89. The fraction of sp³-hybridized carbons (Fsp3) is 0. The molecule has 0 fully saturated rings. The molecule has 0 aliphatic rings. The van der Waals surface area contributed by atoms with Crippen molar-refractivity contribution < 1.29 is 0 Å². The van der Waals surface area contributed by atoms with Gasteiger partial charge < -0.3 is 11.5 Å². The van der Waals surface area contributed by atoms with E-state index in [-0.39, 0.29) is 23.0 Å². The molecule has 7 heteroatoms. The molecule has 7 nitrogen and oxygen atoms in total. The van der Waals surface area contributed by atoms with Crippen molar-refractivity contribution in [1.29, 1.82) is 0 Å². The van der Waals surface area contributed by atoms with Crippen LogP contribution in [0.15, 0.2) is 16.4 Å². The average Bonchev–Trinajstić information content (AvgIpc) is 2.05. The third-order valence-corrected chi connectivity index (χ3v) is 1.24. The van der Waals surface area contributed by atoms with E-state index in [1.807, 2.05) is 0 Å². The summed E-state index contributed by atoms with van der Waals surface area (Å²) in [5.74, 6) is -0.232. The van der Waals surface area contributed by atoms with Gasteiger partial charge in [-0.2, -0.15) is 0 Å². The van der Waals surface area contributed by atoms with Crippen molar-refractivity contribution in [3.05, 3.63) is 15.9 Å². The molecule has 0 saturated heterocycles. The number of nitroso groups, excluding NO2 is 2. The zero-order valence-corrected chi connectivity index (χ0v) is 5.89. The fourth-order valence-electron chi connectivity index (χ4n) is 0.668. The van der Waals surface area contributed by atoms with Crippen LogP contribution in [0.4, 0.5) is 23.0 Å². The highest BCUT2D eigenvalue weighted by atomic mass is 16.3. The highest BCUT2D eigenvalue weighted by molar-refractivity contribution is 5.71. The van der Waals surface area contributed by atoms with Crippen molar-refractivity contribution in [2.24, 2.45) is 10.4 Å². The van der Waals surface area contributed by atoms with E-state index >= 15 is 0 Å². The molecule has 0 bridgehead atoms. The second-order valence-electron chi connectivity index (χ2n) is 1.98. The first-order valence-electron chi connectivity index (χ1n) is 2.91. The van der Waals surface area contributed by atoms with Crippen molar-refractivity contribution in [2.75, 3.05) is 11.5 Å². The largest absolute Gasteiger partial charge is 0.382 e. The minimum Gasteiger partial charge on any atom is -0.382 e. The minimum atomic E-state index is -0.140. The third kappa shape index (κ3) is 1.19. The van der Waals surface area contributed by atoms with Crippen LogP contribution in [0.3, 0.4) is 0 Å². The molecule has 0 aromatic carbocycles. The summed E-state index contributed by atoms with van der Waals surface area (Å²) in [4.78, 5) is 23.6. The van der Waals surface area contributed by atoms with Gasteiger partial charge in [0.25, 0.3) is 0 Å². The average molecular weight is 167 g/mol. The van der Waals surface area contributed by atoms with Crippen LogP contribution in [-0.4, -0.2) is 4.98 Å². The van der Waals surface area contributed by atoms with E-state index in [1.54, 1.807) is 0 Å². The van der Waals surface area contributed by atoms with Crippen molar-refractivity contribution in [2.45, 2.75) is 0 Å². The molecule has 1 aromatic rings. The normalized spacial score (nSPS) is 9.33. The Morgan fingerprint density at radius 2 is 1.50 bits per heavy atom. The van der Waals surface area contributed by atoms with E-state index in [4.69, 9.17) is 11.5 Å². The lowest BCUT2D eigenvalue weighted by Crippen LogP contribution is -1.96. The van der Waals surface area contributed by atoms with Crippen LogP contribution in [0.2, 0.25) is 0 Å². The molecule has 0 aliphatic carbocycles. The molecule has 0 unspecified atom stereocenters. The van der Waals surface area contributed by atoms with Gasteiger partial charge in [-0.25, -0.2) is 4.98 Å². The van der Waals surface area contributed by atoms with Crippen molar-refractivity contribution in [1.82, 2.24) is 4.98 Å². The highest BCUT2D eigenvalue weighted by Gasteiger charge is 2.07. The standard InChI is InChI=1S/C5H5N5O2/c6-4-2(9-11)1-3(10-12)5(7)8-4/h1H,(H4,6,7,8). The van der Waals surface area contributed by atoms with Gasteiger partial charge in [-0.3, -0.25) is 0 Å². The third-order valence-electron chi connectivity index (χ3n) is 1.24. The summed E-state index contributed by atoms with van der Waals surface area (Å²) in [6.45, 7) is 0. The SMILES string of the molecule is Nc1nc(N)c(N=O)cc1N=O. The maximum absolute atomic E-state index is 10.1. The molecule has 0 amide bonds. The lowest BCUT2D eigenvalue weighted by molar-refractivity contribution is 1.29. The van der Waals surface area contributed by atoms with E-state index in [9.17, 15) is 9.81 Å². The highest BCUT2D eigenvalue weighted by Crippen LogP contribution is 2.29. The number of aromatic nitrogens is 1. The Morgan fingerprint density at radius 3 is 1.83 bits per heavy atom. The van der Waals surface area contributed by atoms with E-state index in [0.717, 1.165) is 6.07 Å². The minimum absolute atomic E-state index is 0.116. The molecule has 1 rings (SSSR count). The van der Waals surface area contributed by atoms with E-state index in [0.29, 0.717) is 0 Å². The van der Waals surface area contributed by atoms with Crippen molar-refractivity contribution in [3.8, 4) is 0 Å². The summed E-state index contributed by atoms with van der Waals surface area (Å²) in [5.41, 5.74) is 10.2. The Labute approximate surface area is 66.7 Å². The first-order chi connectivity index (χ1) is 5.69. The van der Waals surface area contributed by atoms with Gasteiger partial charge >= 0.3 is 0 Å². The molecule has 1 heterocycles. The van der Waals surface area contributed by atoms with E-state index < -0.39 is 0 Å². The molecule has 0 aliphatic heterocycles. The molecule has 0 atom stereocenters. The van der Waals surface area contributed by atoms with Gasteiger partial charge in [0.1, 0.15) is 0 Å². The zero-order chi connectivity index (χ0) is 9.14. The topological polar surface area (TPSA) is 124 Å². The molecular formula is C5H5N5O2. The Kier molecular flexibility index (Phi) is 1.95. The Hall–Kier alpha value is -2.05. The molecule has 62 valence electrons. The Balaban J connectivity index is 3.36. The summed E-state index contributed by atoms with van der Waals surface area (Å²) < 4.78 is 0. The monoisotopic (exact) mass is 167 g/mol. The van der Waals surface area contributed by atoms with Crippen LogP contribution in [-0.2, 0) is 0 Å². The summed E-state index contributed by atoms with van der Waals surface area (Å²) in [6, 6.07) is 1.08. The molecule has 4 N–H and O–H groups in total. The number of nitrogens with zero attached hydrogens (tertiary/aromatic N) is 3. The van der Waals surface area contributed by atoms with Gasteiger partial charge in [-0.1, -0.05) is 0 Å². The van der Waals surface area contributed by atoms with Gasteiger partial charge in [-0.05, 0) is 10.4 Å². The lowest BCUT2D eigenvalue weighted by Gasteiger charge is -1.98. The maximum Gasteiger partial charge on any atom is 0.155 e. The van der Waals surface area contributed by atoms with Crippen molar-refractivity contribution >= 4 is 23.0 Å². The van der Waals surface area contributed by atoms with Crippen LogP contribution in [0.5, 0.6) is 0 Å². The molecule has 1 aromatic heterocycles. The van der Waals surface area contributed by atoms with Gasteiger partial charge in [0.2, 0.25) is 0 Å². The lowest BCUT2D eigenvalue weighted by atomic mass is 10.3. The number of hydrogen-bond acceptors (Lipinski definition) is 7. The van der Waals surface area contributed by atoms with Crippen LogP contribution < -0.4 is 11.5 Å². The molecule has 0 saturated carbocycles. The van der Waals surface area contributed by atoms with Crippen molar-refractivity contribution in [3.63, 3.8) is 0 Å². The van der Waals surface area contributed by atoms with Crippen LogP contribution in [0, 0.1) is 9.81 Å². The number of anilines is 2. The van der Waals surface area contributed by atoms with E-state index in [2.05, 4.69) is 15.3 Å². The molecule has 12 heavy (non-hydrogen) atoms. The summed E-state index contributed by atoms with van der Waals surface area (Å²) in [5, 5.41) is 5.06. The van der Waals surface area contributed by atoms with Gasteiger partial charge in [0.05, 0.1) is 0 Å². The first kappa shape index (κ1) is 8.05. The van der Waals surface area contributed by atoms with Crippen LogP contribution >= 0.6 is 0 Å². The predicted molar refractivity (Wildman–Crippen MR) is 44.0 cm³/mol. The predicted octanol–water partition coefficient (Wildman–Crippen LogP) is 1.04.